The van der Waals surface area contributed by atoms with Gasteiger partial charge in [-0.25, -0.2) is 0 Å². The molecular formula is C12H16BF3KNO. The zero-order valence-corrected chi connectivity index (χ0v) is 14.2. The molecule has 0 saturated carbocycles. The Labute approximate surface area is 154 Å². The van der Waals surface area contributed by atoms with Gasteiger partial charge in [-0.2, -0.15) is 0 Å². The van der Waals surface area contributed by atoms with Gasteiger partial charge in [-0.05, 0) is 31.7 Å². The molecule has 0 N–H and O–H groups in total. The molecule has 0 bridgehead atoms. The number of hydrogen-bond donors (Lipinski definition) is 0. The van der Waals surface area contributed by atoms with Crippen LogP contribution in [0, 0.1) is 0 Å². The van der Waals surface area contributed by atoms with E-state index in [4.69, 9.17) is 4.74 Å². The maximum atomic E-state index is 12.5. The van der Waals surface area contributed by atoms with E-state index in [0.717, 1.165) is 37.9 Å². The number of hydrogen-bond acceptors (Lipinski definition) is 2. The topological polar surface area (TPSA) is 22.1 Å². The van der Waals surface area contributed by atoms with Crippen LogP contribution >= 0.6 is 0 Å². The Kier molecular flexibility index (Phi) is 10.1. The number of halogens is 3. The first-order valence-electron chi connectivity index (χ1n) is 5.92. The van der Waals surface area contributed by atoms with Crippen molar-refractivity contribution in [1.29, 1.82) is 0 Å². The standard InChI is InChI=1S/C12H16BF3NO.K/c1-2-3-4-5-6-7-18-12-8-11(9-17-10-12)13(14,15)16;/h2,8-10H,1,3-7H2;/q-1;+1. The van der Waals surface area contributed by atoms with E-state index in [0.29, 0.717) is 6.61 Å². The fraction of sp³-hybridized carbons (Fsp3) is 0.417. The molecule has 19 heavy (non-hydrogen) atoms. The van der Waals surface area contributed by atoms with E-state index >= 15 is 0 Å². The minimum atomic E-state index is -5.01. The van der Waals surface area contributed by atoms with Gasteiger partial charge in [-0.1, -0.05) is 11.5 Å². The quantitative estimate of drug-likeness (QED) is 0.390. The minimum absolute atomic E-state index is 0. The third-order valence-corrected chi connectivity index (χ3v) is 2.43. The molecule has 7 heteroatoms. The maximum Gasteiger partial charge on any atom is 1.00 e. The summed E-state index contributed by atoms with van der Waals surface area (Å²) in [7, 11) is 0. The van der Waals surface area contributed by atoms with Gasteiger partial charge < -0.3 is 17.7 Å². The molecule has 0 radical (unpaired) electrons. The molecule has 0 spiro atoms. The van der Waals surface area contributed by atoms with Crippen molar-refractivity contribution < 1.29 is 69.1 Å². The van der Waals surface area contributed by atoms with E-state index in [1.807, 2.05) is 6.08 Å². The zero-order valence-electron chi connectivity index (χ0n) is 11.1. The molecule has 0 aliphatic rings. The molecule has 0 aliphatic heterocycles. The summed E-state index contributed by atoms with van der Waals surface area (Å²) in [6.07, 6.45) is 7.73. The number of ether oxygens (including phenoxy) is 1. The van der Waals surface area contributed by atoms with E-state index in [1.54, 1.807) is 0 Å². The molecule has 1 aromatic heterocycles. The van der Waals surface area contributed by atoms with Crippen molar-refractivity contribution in [3.63, 3.8) is 0 Å². The molecule has 0 amide bonds. The normalized spacial score (nSPS) is 10.7. The van der Waals surface area contributed by atoms with Gasteiger partial charge in [0.15, 0.2) is 0 Å². The fourth-order valence-electron chi connectivity index (χ4n) is 1.45. The Morgan fingerprint density at radius 2 is 1.95 bits per heavy atom. The summed E-state index contributed by atoms with van der Waals surface area (Å²) >= 11 is 0. The number of allylic oxidation sites excluding steroid dienone is 1. The molecule has 0 fully saturated rings. The molecule has 1 aromatic rings. The largest absolute Gasteiger partial charge is 1.00 e. The maximum absolute atomic E-state index is 12.5. The van der Waals surface area contributed by atoms with Crippen LogP contribution in [0.2, 0.25) is 0 Å². The van der Waals surface area contributed by atoms with Crippen molar-refractivity contribution in [2.75, 3.05) is 6.61 Å². The van der Waals surface area contributed by atoms with Crippen LogP contribution in [0.3, 0.4) is 0 Å². The second-order valence-corrected chi connectivity index (χ2v) is 4.02. The third-order valence-electron chi connectivity index (χ3n) is 2.43. The van der Waals surface area contributed by atoms with Gasteiger partial charge in [-0.3, -0.25) is 4.98 Å². The van der Waals surface area contributed by atoms with Crippen LogP contribution in [-0.2, 0) is 0 Å². The van der Waals surface area contributed by atoms with Crippen LogP contribution in [0.15, 0.2) is 31.1 Å². The van der Waals surface area contributed by atoms with Crippen LogP contribution in [-0.4, -0.2) is 18.6 Å². The molecule has 2 nitrogen and oxygen atoms in total. The molecule has 100 valence electrons. The first kappa shape index (κ1) is 19.2. The first-order chi connectivity index (χ1) is 8.54. The summed E-state index contributed by atoms with van der Waals surface area (Å²) in [5, 5.41) is 0. The summed E-state index contributed by atoms with van der Waals surface area (Å²) in [6, 6.07) is 0.997. The number of rotatable bonds is 8. The predicted molar refractivity (Wildman–Crippen MR) is 67.1 cm³/mol. The Morgan fingerprint density at radius 1 is 1.21 bits per heavy atom. The van der Waals surface area contributed by atoms with Crippen molar-refractivity contribution in [2.45, 2.75) is 25.7 Å². The molecule has 1 rings (SSSR count). The number of pyridine rings is 1. The van der Waals surface area contributed by atoms with Gasteiger partial charge >= 0.3 is 58.4 Å². The molecule has 0 saturated heterocycles. The van der Waals surface area contributed by atoms with Crippen LogP contribution in [0.5, 0.6) is 5.75 Å². The van der Waals surface area contributed by atoms with Gasteiger partial charge in [0, 0.05) is 6.20 Å². The van der Waals surface area contributed by atoms with Gasteiger partial charge in [0.1, 0.15) is 5.75 Å². The van der Waals surface area contributed by atoms with E-state index in [9.17, 15) is 12.9 Å². The van der Waals surface area contributed by atoms with E-state index in [1.165, 1.54) is 6.20 Å². The van der Waals surface area contributed by atoms with Gasteiger partial charge in [0.05, 0.1) is 12.8 Å². The van der Waals surface area contributed by atoms with Crippen molar-refractivity contribution in [3.8, 4) is 5.75 Å². The van der Waals surface area contributed by atoms with Crippen molar-refractivity contribution >= 4 is 12.4 Å². The van der Waals surface area contributed by atoms with E-state index in [2.05, 4.69) is 11.6 Å². The predicted octanol–water partition coefficient (Wildman–Crippen LogP) is 0.265. The van der Waals surface area contributed by atoms with Gasteiger partial charge in [-0.15, -0.1) is 6.58 Å². The minimum Gasteiger partial charge on any atom is -0.492 e. The van der Waals surface area contributed by atoms with Crippen molar-refractivity contribution in [1.82, 2.24) is 4.98 Å². The Morgan fingerprint density at radius 3 is 2.58 bits per heavy atom. The average molecular weight is 297 g/mol. The van der Waals surface area contributed by atoms with Crippen LogP contribution < -0.4 is 61.6 Å². The summed E-state index contributed by atoms with van der Waals surface area (Å²) < 4.78 is 42.6. The second kappa shape index (κ2) is 9.99. The third kappa shape index (κ3) is 8.14. The molecule has 1 heterocycles. The Hall–Kier alpha value is 0.181. The summed E-state index contributed by atoms with van der Waals surface area (Å²) in [4.78, 5) is 3.54. The zero-order chi connectivity index (χ0) is 13.4. The number of unbranched alkanes of at least 4 members (excludes halogenated alkanes) is 3. The van der Waals surface area contributed by atoms with E-state index in [-0.39, 0.29) is 57.1 Å². The molecule has 0 aliphatic carbocycles. The van der Waals surface area contributed by atoms with Crippen LogP contribution in [0.4, 0.5) is 12.9 Å². The SMILES string of the molecule is C=CCCCCCOc1cncc([B-](F)(F)F)c1.[K+]. The van der Waals surface area contributed by atoms with Crippen molar-refractivity contribution in [2.24, 2.45) is 0 Å². The second-order valence-electron chi connectivity index (χ2n) is 4.02. The monoisotopic (exact) mass is 297 g/mol. The summed E-state index contributed by atoms with van der Waals surface area (Å²) in [6.45, 7) is -0.986. The first-order valence-corrected chi connectivity index (χ1v) is 5.92. The smallest absolute Gasteiger partial charge is 0.492 e. The van der Waals surface area contributed by atoms with Gasteiger partial charge in [0.25, 0.3) is 0 Å². The number of aromatic nitrogens is 1. The van der Waals surface area contributed by atoms with Crippen LogP contribution in [0.1, 0.15) is 25.7 Å². The fourth-order valence-corrected chi connectivity index (χ4v) is 1.45. The van der Waals surface area contributed by atoms with E-state index < -0.39 is 12.4 Å². The summed E-state index contributed by atoms with van der Waals surface area (Å²) in [5.74, 6) is 0.176. The average Bonchev–Trinajstić information content (AvgIpc) is 2.33. The summed E-state index contributed by atoms with van der Waals surface area (Å²) in [5.41, 5.74) is -0.723. The van der Waals surface area contributed by atoms with Crippen LogP contribution in [0.25, 0.3) is 0 Å². The van der Waals surface area contributed by atoms with Crippen molar-refractivity contribution in [3.05, 3.63) is 31.1 Å². The van der Waals surface area contributed by atoms with Gasteiger partial charge in [0.2, 0.25) is 0 Å². The molecular weight excluding hydrogens is 281 g/mol. The molecule has 0 aromatic carbocycles. The molecule has 0 unspecified atom stereocenters. The Bertz CT molecular complexity index is 387. The molecule has 0 atom stereocenters. The number of nitrogens with zero attached hydrogens (tertiary/aromatic N) is 1. The Balaban J connectivity index is 0.00000324.